The molecule has 0 spiro atoms. The van der Waals surface area contributed by atoms with Crippen molar-refractivity contribution >= 4 is 17.5 Å². The highest BCUT2D eigenvalue weighted by molar-refractivity contribution is 6.01. The lowest BCUT2D eigenvalue weighted by Crippen LogP contribution is -2.50. The first-order valence-corrected chi connectivity index (χ1v) is 9.53. The number of hydrogen-bond acceptors (Lipinski definition) is 3. The van der Waals surface area contributed by atoms with Crippen molar-refractivity contribution in [2.75, 3.05) is 12.4 Å². The summed E-state index contributed by atoms with van der Waals surface area (Å²) < 4.78 is 5.16. The van der Waals surface area contributed by atoms with Gasteiger partial charge in [-0.3, -0.25) is 9.59 Å². The molecule has 0 aromatic heterocycles. The molecule has 5 nitrogen and oxygen atoms in total. The predicted molar refractivity (Wildman–Crippen MR) is 112 cm³/mol. The first-order chi connectivity index (χ1) is 14.2. The SMILES string of the molecule is COc1ccc(NC(=O)[C@@H]2Cc3ccccc3CN2C(=O)c2ccccc2)cc1. The highest BCUT2D eigenvalue weighted by Gasteiger charge is 2.35. The van der Waals surface area contributed by atoms with Crippen LogP contribution in [0.25, 0.3) is 0 Å². The summed E-state index contributed by atoms with van der Waals surface area (Å²) in [7, 11) is 1.60. The summed E-state index contributed by atoms with van der Waals surface area (Å²) >= 11 is 0. The lowest BCUT2D eigenvalue weighted by molar-refractivity contribution is -0.121. The molecule has 1 atom stereocenters. The molecule has 2 amide bonds. The smallest absolute Gasteiger partial charge is 0.254 e. The summed E-state index contributed by atoms with van der Waals surface area (Å²) in [6, 6.07) is 23.6. The fraction of sp³-hybridized carbons (Fsp3) is 0.167. The Kier molecular flexibility index (Phi) is 5.29. The van der Waals surface area contributed by atoms with E-state index in [0.29, 0.717) is 24.2 Å². The van der Waals surface area contributed by atoms with Crippen molar-refractivity contribution in [2.45, 2.75) is 19.0 Å². The number of amides is 2. The number of carbonyl (C=O) groups excluding carboxylic acids is 2. The highest BCUT2D eigenvalue weighted by Crippen LogP contribution is 2.26. The van der Waals surface area contributed by atoms with Gasteiger partial charge in [-0.15, -0.1) is 0 Å². The molecule has 0 saturated heterocycles. The van der Waals surface area contributed by atoms with E-state index in [-0.39, 0.29) is 11.8 Å². The summed E-state index contributed by atoms with van der Waals surface area (Å²) in [5.41, 5.74) is 3.42. The molecule has 1 heterocycles. The van der Waals surface area contributed by atoms with E-state index in [9.17, 15) is 9.59 Å². The summed E-state index contributed by atoms with van der Waals surface area (Å²) in [4.78, 5) is 28.0. The average Bonchev–Trinajstić information content (AvgIpc) is 2.78. The molecular weight excluding hydrogens is 364 g/mol. The molecule has 0 radical (unpaired) electrons. The van der Waals surface area contributed by atoms with Gasteiger partial charge in [0.25, 0.3) is 5.91 Å². The third-order valence-electron chi connectivity index (χ3n) is 5.19. The standard InChI is InChI=1S/C24H22N2O3/c1-29-21-13-11-20(12-14-21)25-23(27)22-15-18-9-5-6-10-19(18)16-26(22)24(28)17-7-3-2-4-8-17/h2-14,22H,15-16H2,1H3,(H,25,27)/t22-/m0/s1. The van der Waals surface area contributed by atoms with E-state index in [2.05, 4.69) is 5.32 Å². The lowest BCUT2D eigenvalue weighted by atomic mass is 9.92. The summed E-state index contributed by atoms with van der Waals surface area (Å²) in [6.45, 7) is 0.407. The molecule has 4 rings (SSSR count). The zero-order valence-corrected chi connectivity index (χ0v) is 16.2. The van der Waals surface area contributed by atoms with E-state index >= 15 is 0 Å². The first kappa shape index (κ1) is 18.7. The second kappa shape index (κ2) is 8.19. The van der Waals surface area contributed by atoms with Gasteiger partial charge in [0.15, 0.2) is 0 Å². The van der Waals surface area contributed by atoms with Crippen molar-refractivity contribution in [2.24, 2.45) is 0 Å². The summed E-state index contributed by atoms with van der Waals surface area (Å²) in [6.07, 6.45) is 0.483. The van der Waals surface area contributed by atoms with Gasteiger partial charge < -0.3 is 15.0 Å². The van der Waals surface area contributed by atoms with Crippen LogP contribution in [0.3, 0.4) is 0 Å². The van der Waals surface area contributed by atoms with Crippen molar-refractivity contribution < 1.29 is 14.3 Å². The van der Waals surface area contributed by atoms with Gasteiger partial charge in [0.05, 0.1) is 7.11 Å². The van der Waals surface area contributed by atoms with Crippen LogP contribution in [0.2, 0.25) is 0 Å². The molecule has 3 aromatic carbocycles. The molecular formula is C24H22N2O3. The van der Waals surface area contributed by atoms with Crippen LogP contribution >= 0.6 is 0 Å². The van der Waals surface area contributed by atoms with Gasteiger partial charge >= 0.3 is 0 Å². The monoisotopic (exact) mass is 386 g/mol. The largest absolute Gasteiger partial charge is 0.497 e. The van der Waals surface area contributed by atoms with Crippen LogP contribution in [0.15, 0.2) is 78.9 Å². The van der Waals surface area contributed by atoms with Crippen LogP contribution in [0.4, 0.5) is 5.69 Å². The highest BCUT2D eigenvalue weighted by atomic mass is 16.5. The van der Waals surface area contributed by atoms with Crippen molar-refractivity contribution in [3.05, 3.63) is 95.6 Å². The van der Waals surface area contributed by atoms with Crippen molar-refractivity contribution in [1.29, 1.82) is 0 Å². The maximum atomic E-state index is 13.2. The van der Waals surface area contributed by atoms with Crippen molar-refractivity contribution in [1.82, 2.24) is 4.90 Å². The van der Waals surface area contributed by atoms with Crippen molar-refractivity contribution in [3.8, 4) is 5.75 Å². The molecule has 0 fully saturated rings. The van der Waals surface area contributed by atoms with Gasteiger partial charge in [0.1, 0.15) is 11.8 Å². The fourth-order valence-electron chi connectivity index (χ4n) is 3.62. The van der Waals surface area contributed by atoms with Crippen LogP contribution in [-0.2, 0) is 17.8 Å². The maximum absolute atomic E-state index is 13.2. The Bertz CT molecular complexity index is 1020. The molecule has 0 saturated carbocycles. The second-order valence-corrected chi connectivity index (χ2v) is 7.01. The number of carbonyl (C=O) groups is 2. The molecule has 0 bridgehead atoms. The Morgan fingerprint density at radius 3 is 2.24 bits per heavy atom. The molecule has 29 heavy (non-hydrogen) atoms. The fourth-order valence-corrected chi connectivity index (χ4v) is 3.62. The zero-order chi connectivity index (χ0) is 20.2. The number of nitrogens with one attached hydrogen (secondary N) is 1. The number of nitrogens with zero attached hydrogens (tertiary/aromatic N) is 1. The third kappa shape index (κ3) is 3.99. The topological polar surface area (TPSA) is 58.6 Å². The average molecular weight is 386 g/mol. The Morgan fingerprint density at radius 1 is 0.897 bits per heavy atom. The Morgan fingerprint density at radius 2 is 1.55 bits per heavy atom. The minimum Gasteiger partial charge on any atom is -0.497 e. The Labute approximate surface area is 169 Å². The van der Waals surface area contributed by atoms with E-state index in [4.69, 9.17) is 4.74 Å². The van der Waals surface area contributed by atoms with E-state index in [1.807, 2.05) is 42.5 Å². The molecule has 1 N–H and O–H groups in total. The van der Waals surface area contributed by atoms with Gasteiger partial charge in [-0.1, -0.05) is 42.5 Å². The number of methoxy groups -OCH3 is 1. The molecule has 5 heteroatoms. The number of anilines is 1. The Hall–Kier alpha value is -3.60. The number of fused-ring (bicyclic) bond motifs is 1. The summed E-state index contributed by atoms with van der Waals surface area (Å²) in [5.74, 6) is 0.374. The third-order valence-corrected chi connectivity index (χ3v) is 5.19. The molecule has 3 aromatic rings. The zero-order valence-electron chi connectivity index (χ0n) is 16.2. The van der Waals surface area contributed by atoms with Crippen LogP contribution in [-0.4, -0.2) is 29.9 Å². The minimum absolute atomic E-state index is 0.144. The quantitative estimate of drug-likeness (QED) is 0.740. The lowest BCUT2D eigenvalue weighted by Gasteiger charge is -2.36. The van der Waals surface area contributed by atoms with Crippen LogP contribution in [0, 0.1) is 0 Å². The molecule has 146 valence electrons. The molecule has 0 aliphatic carbocycles. The summed E-state index contributed by atoms with van der Waals surface area (Å²) in [5, 5.41) is 2.94. The first-order valence-electron chi connectivity index (χ1n) is 9.53. The van der Waals surface area contributed by atoms with E-state index in [0.717, 1.165) is 16.9 Å². The van der Waals surface area contributed by atoms with E-state index in [1.165, 1.54) is 0 Å². The number of hydrogen-bond donors (Lipinski definition) is 1. The van der Waals surface area contributed by atoms with Gasteiger partial charge in [-0.25, -0.2) is 0 Å². The molecule has 0 unspecified atom stereocenters. The van der Waals surface area contributed by atoms with Gasteiger partial charge in [-0.05, 0) is 47.5 Å². The minimum atomic E-state index is -0.584. The van der Waals surface area contributed by atoms with Gasteiger partial charge in [0, 0.05) is 24.2 Å². The van der Waals surface area contributed by atoms with Crippen LogP contribution < -0.4 is 10.1 Å². The molecule has 1 aliphatic heterocycles. The molecule has 1 aliphatic rings. The van der Waals surface area contributed by atoms with Gasteiger partial charge in [0.2, 0.25) is 5.91 Å². The van der Waals surface area contributed by atoms with Gasteiger partial charge in [-0.2, -0.15) is 0 Å². The number of ether oxygens (including phenoxy) is 1. The van der Waals surface area contributed by atoms with E-state index < -0.39 is 6.04 Å². The van der Waals surface area contributed by atoms with Crippen LogP contribution in [0.1, 0.15) is 21.5 Å². The normalized spacial score (nSPS) is 15.3. The van der Waals surface area contributed by atoms with Crippen molar-refractivity contribution in [3.63, 3.8) is 0 Å². The second-order valence-electron chi connectivity index (χ2n) is 7.01. The predicted octanol–water partition coefficient (Wildman–Crippen LogP) is 3.90. The maximum Gasteiger partial charge on any atom is 0.254 e. The van der Waals surface area contributed by atoms with E-state index in [1.54, 1.807) is 48.4 Å². The van der Waals surface area contributed by atoms with Crippen LogP contribution in [0.5, 0.6) is 5.75 Å². The number of benzene rings is 3. The number of rotatable bonds is 4. The Balaban J connectivity index is 1.62.